The minimum atomic E-state index is 0.412. The smallest absolute Gasteiger partial charge is 0.0829 e. The summed E-state index contributed by atoms with van der Waals surface area (Å²) in [5.41, 5.74) is 0. The first-order chi connectivity index (χ1) is 8.83. The third-order valence-electron chi connectivity index (χ3n) is 4.28. The molecule has 106 valence electrons. The van der Waals surface area contributed by atoms with Crippen LogP contribution in [0.1, 0.15) is 32.6 Å². The fraction of sp³-hybridized carbons (Fsp3) is 1.00. The third kappa shape index (κ3) is 4.09. The van der Waals surface area contributed by atoms with Crippen LogP contribution in [-0.2, 0) is 4.74 Å². The fourth-order valence-electron chi connectivity index (χ4n) is 3.21. The first kappa shape index (κ1) is 14.6. The molecular weight excluding hydrogens is 248 g/mol. The molecule has 2 saturated heterocycles. The van der Waals surface area contributed by atoms with E-state index in [1.165, 1.54) is 25.8 Å². The topological polar surface area (TPSA) is 15.7 Å². The molecule has 0 aromatic heterocycles. The van der Waals surface area contributed by atoms with Gasteiger partial charge in [0.1, 0.15) is 0 Å². The minimum absolute atomic E-state index is 0.412. The van der Waals surface area contributed by atoms with Gasteiger partial charge in [0, 0.05) is 31.6 Å². The highest BCUT2D eigenvalue weighted by atomic mass is 35.5. The largest absolute Gasteiger partial charge is 0.374 e. The Morgan fingerprint density at radius 1 is 1.33 bits per heavy atom. The molecule has 0 saturated carbocycles. The quantitative estimate of drug-likeness (QED) is 0.691. The van der Waals surface area contributed by atoms with Gasteiger partial charge in [0.15, 0.2) is 0 Å². The van der Waals surface area contributed by atoms with Gasteiger partial charge in [-0.3, -0.25) is 9.80 Å². The average Bonchev–Trinajstić information content (AvgIpc) is 2.84. The molecule has 0 aliphatic carbocycles. The molecule has 2 rings (SSSR count). The summed E-state index contributed by atoms with van der Waals surface area (Å²) in [5, 5.41) is 0. The first-order valence-corrected chi connectivity index (χ1v) is 8.01. The molecule has 2 unspecified atom stereocenters. The highest BCUT2D eigenvalue weighted by Gasteiger charge is 2.28. The summed E-state index contributed by atoms with van der Waals surface area (Å²) in [6.45, 7) is 8.86. The number of rotatable bonds is 6. The molecule has 2 fully saturated rings. The van der Waals surface area contributed by atoms with E-state index in [0.717, 1.165) is 51.1 Å². The van der Waals surface area contributed by atoms with E-state index >= 15 is 0 Å². The lowest BCUT2D eigenvalue weighted by molar-refractivity contribution is -0.0436. The van der Waals surface area contributed by atoms with Crippen molar-refractivity contribution in [2.24, 2.45) is 0 Å². The predicted octanol–water partition coefficient (Wildman–Crippen LogP) is 2.19. The summed E-state index contributed by atoms with van der Waals surface area (Å²) >= 11 is 5.81. The van der Waals surface area contributed by atoms with Crippen LogP contribution in [0.15, 0.2) is 0 Å². The lowest BCUT2D eigenvalue weighted by atomic mass is 10.1. The summed E-state index contributed by atoms with van der Waals surface area (Å²) < 4.78 is 5.92. The number of likely N-dealkylation sites (N-methyl/N-ethyl adjacent to an activating group) is 1. The molecule has 2 heterocycles. The predicted molar refractivity (Wildman–Crippen MR) is 76.4 cm³/mol. The lowest BCUT2D eigenvalue weighted by Crippen LogP contribution is -2.48. The maximum Gasteiger partial charge on any atom is 0.0829 e. The van der Waals surface area contributed by atoms with Crippen molar-refractivity contribution in [3.05, 3.63) is 0 Å². The van der Waals surface area contributed by atoms with Crippen molar-refractivity contribution in [1.82, 2.24) is 9.80 Å². The molecule has 0 amide bonds. The Bertz CT molecular complexity index is 240. The molecule has 0 radical (unpaired) electrons. The van der Waals surface area contributed by atoms with Crippen LogP contribution in [0.4, 0.5) is 0 Å². The van der Waals surface area contributed by atoms with Crippen LogP contribution >= 0.6 is 11.6 Å². The lowest BCUT2D eigenvalue weighted by Gasteiger charge is -2.35. The van der Waals surface area contributed by atoms with Gasteiger partial charge in [-0.15, -0.1) is 11.6 Å². The second-order valence-electron chi connectivity index (χ2n) is 5.51. The van der Waals surface area contributed by atoms with Gasteiger partial charge in [-0.1, -0.05) is 6.92 Å². The van der Waals surface area contributed by atoms with E-state index in [1.54, 1.807) is 0 Å². The van der Waals surface area contributed by atoms with Crippen molar-refractivity contribution in [2.45, 2.75) is 44.8 Å². The summed E-state index contributed by atoms with van der Waals surface area (Å²) in [5.74, 6) is 0.799. The molecule has 4 heteroatoms. The van der Waals surface area contributed by atoms with Crippen LogP contribution in [0.2, 0.25) is 0 Å². The van der Waals surface area contributed by atoms with Crippen LogP contribution in [0.5, 0.6) is 0 Å². The molecule has 0 bridgehead atoms. The van der Waals surface area contributed by atoms with Crippen LogP contribution in [0, 0.1) is 0 Å². The van der Waals surface area contributed by atoms with E-state index in [2.05, 4.69) is 16.7 Å². The molecule has 2 atom stereocenters. The number of nitrogens with zero attached hydrogens (tertiary/aromatic N) is 2. The Kier molecular flexibility index (Phi) is 6.22. The van der Waals surface area contributed by atoms with Crippen molar-refractivity contribution in [3.8, 4) is 0 Å². The van der Waals surface area contributed by atoms with Crippen molar-refractivity contribution >= 4 is 11.6 Å². The number of halogens is 1. The van der Waals surface area contributed by atoms with Gasteiger partial charge in [-0.05, 0) is 38.8 Å². The Labute approximate surface area is 116 Å². The van der Waals surface area contributed by atoms with Crippen LogP contribution in [0.3, 0.4) is 0 Å². The molecule has 2 aliphatic heterocycles. The van der Waals surface area contributed by atoms with E-state index in [0.29, 0.717) is 6.10 Å². The monoisotopic (exact) mass is 274 g/mol. The number of ether oxygens (including phenoxy) is 1. The number of likely N-dealkylation sites (tertiary alicyclic amines) is 1. The normalized spacial score (nSPS) is 31.0. The number of morpholine rings is 1. The summed E-state index contributed by atoms with van der Waals surface area (Å²) in [7, 11) is 0. The van der Waals surface area contributed by atoms with Crippen molar-refractivity contribution in [2.75, 3.05) is 45.2 Å². The van der Waals surface area contributed by atoms with Crippen molar-refractivity contribution in [1.29, 1.82) is 0 Å². The van der Waals surface area contributed by atoms with E-state index in [-0.39, 0.29) is 0 Å². The SMILES string of the molecule is CCN1CCOC(CN2CCCC2CCCCl)C1. The maximum atomic E-state index is 5.92. The second kappa shape index (κ2) is 7.68. The fourth-order valence-corrected chi connectivity index (χ4v) is 3.37. The molecule has 2 aliphatic rings. The average molecular weight is 275 g/mol. The van der Waals surface area contributed by atoms with Crippen LogP contribution < -0.4 is 0 Å². The van der Waals surface area contributed by atoms with Gasteiger partial charge >= 0.3 is 0 Å². The van der Waals surface area contributed by atoms with E-state index in [9.17, 15) is 0 Å². The number of hydrogen-bond acceptors (Lipinski definition) is 3. The van der Waals surface area contributed by atoms with Crippen molar-refractivity contribution < 1.29 is 4.74 Å². The molecule has 0 spiro atoms. The molecule has 0 aromatic rings. The van der Waals surface area contributed by atoms with E-state index in [1.807, 2.05) is 0 Å². The van der Waals surface area contributed by atoms with Crippen molar-refractivity contribution in [3.63, 3.8) is 0 Å². The zero-order valence-electron chi connectivity index (χ0n) is 11.6. The maximum absolute atomic E-state index is 5.92. The van der Waals surface area contributed by atoms with Gasteiger partial charge in [0.05, 0.1) is 12.7 Å². The number of hydrogen-bond donors (Lipinski definition) is 0. The molecule has 0 N–H and O–H groups in total. The van der Waals surface area contributed by atoms with Crippen LogP contribution in [0.25, 0.3) is 0 Å². The summed E-state index contributed by atoms with van der Waals surface area (Å²) in [4.78, 5) is 5.13. The zero-order valence-corrected chi connectivity index (χ0v) is 12.4. The van der Waals surface area contributed by atoms with Gasteiger partial charge in [0.25, 0.3) is 0 Å². The van der Waals surface area contributed by atoms with Gasteiger partial charge in [-0.25, -0.2) is 0 Å². The van der Waals surface area contributed by atoms with Gasteiger partial charge in [-0.2, -0.15) is 0 Å². The zero-order chi connectivity index (χ0) is 12.8. The van der Waals surface area contributed by atoms with Crippen LogP contribution in [-0.4, -0.2) is 67.2 Å². The standard InChI is InChI=1S/C14H27ClN2O/c1-2-16-9-10-18-14(11-16)12-17-8-4-6-13(17)5-3-7-15/h13-14H,2-12H2,1H3. The highest BCUT2D eigenvalue weighted by molar-refractivity contribution is 6.17. The molecule has 0 aromatic carbocycles. The molecule has 18 heavy (non-hydrogen) atoms. The third-order valence-corrected chi connectivity index (χ3v) is 4.55. The number of alkyl halides is 1. The summed E-state index contributed by atoms with van der Waals surface area (Å²) in [6, 6.07) is 0.754. The summed E-state index contributed by atoms with van der Waals surface area (Å²) in [6.07, 6.45) is 5.51. The Hall–Kier alpha value is 0.170. The minimum Gasteiger partial charge on any atom is -0.374 e. The highest BCUT2D eigenvalue weighted by Crippen LogP contribution is 2.22. The Balaban J connectivity index is 1.76. The van der Waals surface area contributed by atoms with Gasteiger partial charge in [0.2, 0.25) is 0 Å². The Morgan fingerprint density at radius 2 is 2.22 bits per heavy atom. The second-order valence-corrected chi connectivity index (χ2v) is 5.89. The molecule has 3 nitrogen and oxygen atoms in total. The Morgan fingerprint density at radius 3 is 3.00 bits per heavy atom. The first-order valence-electron chi connectivity index (χ1n) is 7.47. The molecular formula is C14H27ClN2O. The van der Waals surface area contributed by atoms with E-state index < -0.39 is 0 Å². The van der Waals surface area contributed by atoms with Gasteiger partial charge < -0.3 is 4.74 Å². The van der Waals surface area contributed by atoms with E-state index in [4.69, 9.17) is 16.3 Å².